The van der Waals surface area contributed by atoms with Crippen molar-refractivity contribution in [2.45, 2.75) is 20.3 Å². The van der Waals surface area contributed by atoms with E-state index in [0.717, 1.165) is 5.56 Å². The Labute approximate surface area is 197 Å². The number of nitrogens with one attached hydrogen (secondary N) is 3. The van der Waals surface area contributed by atoms with E-state index in [4.69, 9.17) is 9.47 Å². The van der Waals surface area contributed by atoms with Crippen LogP contribution in [0.4, 0.5) is 17.1 Å². The molecule has 1 aliphatic heterocycles. The summed E-state index contributed by atoms with van der Waals surface area (Å²) in [5.41, 5.74) is 3.24. The SMILES string of the molecule is CCOc1cc(NC(=O)c2ccc3c(c2)CC(=O)N3)c(OCC)cc1NC(=O)c1ccccc1. The van der Waals surface area contributed by atoms with Gasteiger partial charge in [0.25, 0.3) is 11.8 Å². The van der Waals surface area contributed by atoms with E-state index in [0.29, 0.717) is 52.9 Å². The predicted octanol–water partition coefficient (Wildman–Crippen LogP) is 4.48. The van der Waals surface area contributed by atoms with Crippen LogP contribution < -0.4 is 25.4 Å². The molecule has 8 heteroatoms. The molecular formula is C26H25N3O5. The molecule has 0 atom stereocenters. The van der Waals surface area contributed by atoms with Crippen molar-refractivity contribution in [2.75, 3.05) is 29.2 Å². The fourth-order valence-electron chi connectivity index (χ4n) is 3.65. The molecule has 0 radical (unpaired) electrons. The second-order valence-corrected chi connectivity index (χ2v) is 7.58. The van der Waals surface area contributed by atoms with Crippen LogP contribution in [0.25, 0.3) is 0 Å². The van der Waals surface area contributed by atoms with Crippen molar-refractivity contribution in [3.05, 3.63) is 77.4 Å². The fraction of sp³-hybridized carbons (Fsp3) is 0.192. The van der Waals surface area contributed by atoms with Gasteiger partial charge in [0, 0.05) is 28.9 Å². The third kappa shape index (κ3) is 5.01. The van der Waals surface area contributed by atoms with E-state index in [2.05, 4.69) is 16.0 Å². The van der Waals surface area contributed by atoms with Crippen molar-refractivity contribution in [3.8, 4) is 11.5 Å². The minimum atomic E-state index is -0.355. The number of carbonyl (C=O) groups is 3. The Balaban J connectivity index is 1.62. The van der Waals surface area contributed by atoms with Crippen LogP contribution in [0.1, 0.15) is 40.1 Å². The normalized spacial score (nSPS) is 11.9. The molecule has 0 aromatic heterocycles. The quantitative estimate of drug-likeness (QED) is 0.461. The molecule has 8 nitrogen and oxygen atoms in total. The first-order valence-electron chi connectivity index (χ1n) is 11.0. The molecule has 0 spiro atoms. The maximum Gasteiger partial charge on any atom is 0.255 e. The van der Waals surface area contributed by atoms with Crippen molar-refractivity contribution in [3.63, 3.8) is 0 Å². The molecule has 0 unspecified atom stereocenters. The predicted molar refractivity (Wildman–Crippen MR) is 130 cm³/mol. The molecule has 1 heterocycles. The monoisotopic (exact) mass is 459 g/mol. The molecule has 0 saturated carbocycles. The summed E-state index contributed by atoms with van der Waals surface area (Å²) in [6.45, 7) is 4.38. The Morgan fingerprint density at radius 3 is 2.00 bits per heavy atom. The number of carbonyl (C=O) groups excluding carboxylic acids is 3. The highest BCUT2D eigenvalue weighted by molar-refractivity contribution is 6.08. The van der Waals surface area contributed by atoms with Gasteiger partial charge in [-0.2, -0.15) is 0 Å². The Morgan fingerprint density at radius 2 is 1.41 bits per heavy atom. The summed E-state index contributed by atoms with van der Waals surface area (Å²) in [6, 6.07) is 17.2. The Morgan fingerprint density at radius 1 is 0.824 bits per heavy atom. The number of rotatable bonds is 8. The van der Waals surface area contributed by atoms with Crippen LogP contribution in [-0.4, -0.2) is 30.9 Å². The Bertz CT molecular complexity index is 1240. The second kappa shape index (κ2) is 10.1. The molecule has 0 saturated heterocycles. The van der Waals surface area contributed by atoms with E-state index in [9.17, 15) is 14.4 Å². The molecule has 0 aliphatic carbocycles. The standard InChI is InChI=1S/C26H25N3O5/c1-3-33-22-15-21(29-26(32)17-10-11-19-18(12-17)13-24(30)27-19)23(34-4-2)14-20(22)28-25(31)16-8-6-5-7-9-16/h5-12,14-15H,3-4,13H2,1-2H3,(H,27,30)(H,28,31)(H,29,32). The molecule has 4 rings (SSSR count). The minimum absolute atomic E-state index is 0.0966. The highest BCUT2D eigenvalue weighted by atomic mass is 16.5. The van der Waals surface area contributed by atoms with Gasteiger partial charge < -0.3 is 25.4 Å². The first-order valence-corrected chi connectivity index (χ1v) is 11.0. The summed E-state index contributed by atoms with van der Waals surface area (Å²) in [5, 5.41) is 8.48. The maximum atomic E-state index is 13.0. The van der Waals surface area contributed by atoms with Crippen LogP contribution in [0, 0.1) is 0 Å². The summed E-state index contributed by atoms with van der Waals surface area (Å²) in [6.07, 6.45) is 0.241. The first-order chi connectivity index (χ1) is 16.5. The summed E-state index contributed by atoms with van der Waals surface area (Å²) in [7, 11) is 0. The molecule has 0 fully saturated rings. The van der Waals surface area contributed by atoms with Crippen LogP contribution in [-0.2, 0) is 11.2 Å². The lowest BCUT2D eigenvalue weighted by atomic mass is 10.1. The van der Waals surface area contributed by atoms with Gasteiger partial charge in [-0.1, -0.05) is 18.2 Å². The van der Waals surface area contributed by atoms with Gasteiger partial charge in [-0.3, -0.25) is 14.4 Å². The van der Waals surface area contributed by atoms with Gasteiger partial charge in [0.2, 0.25) is 5.91 Å². The minimum Gasteiger partial charge on any atom is -0.492 e. The fourth-order valence-corrected chi connectivity index (χ4v) is 3.65. The number of fused-ring (bicyclic) bond motifs is 1. The van der Waals surface area contributed by atoms with Crippen molar-refractivity contribution in [2.24, 2.45) is 0 Å². The van der Waals surface area contributed by atoms with Crippen LogP contribution in [0.2, 0.25) is 0 Å². The van der Waals surface area contributed by atoms with Crippen molar-refractivity contribution < 1.29 is 23.9 Å². The molecule has 3 N–H and O–H groups in total. The van der Waals surface area contributed by atoms with Gasteiger partial charge in [0.05, 0.1) is 31.0 Å². The smallest absolute Gasteiger partial charge is 0.255 e. The van der Waals surface area contributed by atoms with Crippen LogP contribution in [0.3, 0.4) is 0 Å². The Kier molecular flexibility index (Phi) is 6.77. The van der Waals surface area contributed by atoms with Gasteiger partial charge in [0.15, 0.2) is 0 Å². The van der Waals surface area contributed by atoms with Crippen molar-refractivity contribution >= 4 is 34.8 Å². The second-order valence-electron chi connectivity index (χ2n) is 7.58. The van der Waals surface area contributed by atoms with E-state index in [1.807, 2.05) is 19.9 Å². The lowest BCUT2D eigenvalue weighted by Gasteiger charge is -2.18. The summed E-state index contributed by atoms with van der Waals surface area (Å²) < 4.78 is 11.5. The van der Waals surface area contributed by atoms with Gasteiger partial charge in [0.1, 0.15) is 11.5 Å². The summed E-state index contributed by atoms with van der Waals surface area (Å²) >= 11 is 0. The molecule has 3 aromatic rings. The van der Waals surface area contributed by atoms with Gasteiger partial charge >= 0.3 is 0 Å². The highest BCUT2D eigenvalue weighted by Gasteiger charge is 2.21. The molecule has 0 bridgehead atoms. The first kappa shape index (κ1) is 22.8. The summed E-state index contributed by atoms with van der Waals surface area (Å²) in [5.74, 6) is 0.0457. The number of hydrogen-bond donors (Lipinski definition) is 3. The molecule has 174 valence electrons. The van der Waals surface area contributed by atoms with Gasteiger partial charge in [-0.25, -0.2) is 0 Å². The zero-order valence-electron chi connectivity index (χ0n) is 18.9. The molecule has 3 amide bonds. The van der Waals surface area contributed by atoms with Gasteiger partial charge in [-0.05, 0) is 49.7 Å². The molecule has 1 aliphatic rings. The third-order valence-corrected chi connectivity index (χ3v) is 5.21. The van der Waals surface area contributed by atoms with E-state index in [-0.39, 0.29) is 24.1 Å². The van der Waals surface area contributed by atoms with Crippen molar-refractivity contribution in [1.29, 1.82) is 0 Å². The largest absolute Gasteiger partial charge is 0.492 e. The van der Waals surface area contributed by atoms with Crippen LogP contribution in [0.15, 0.2) is 60.7 Å². The van der Waals surface area contributed by atoms with Crippen LogP contribution >= 0.6 is 0 Å². The van der Waals surface area contributed by atoms with E-state index >= 15 is 0 Å². The van der Waals surface area contributed by atoms with E-state index in [1.165, 1.54) is 0 Å². The number of ether oxygens (including phenoxy) is 2. The number of anilines is 3. The number of hydrogen-bond acceptors (Lipinski definition) is 5. The number of amides is 3. The maximum absolute atomic E-state index is 13.0. The zero-order chi connectivity index (χ0) is 24.1. The average Bonchev–Trinajstić information content (AvgIpc) is 3.21. The third-order valence-electron chi connectivity index (χ3n) is 5.21. The van der Waals surface area contributed by atoms with E-state index < -0.39 is 0 Å². The summed E-state index contributed by atoms with van der Waals surface area (Å²) in [4.78, 5) is 37.3. The molecular weight excluding hydrogens is 434 g/mol. The van der Waals surface area contributed by atoms with Crippen molar-refractivity contribution in [1.82, 2.24) is 0 Å². The number of benzene rings is 3. The van der Waals surface area contributed by atoms with E-state index in [1.54, 1.807) is 54.6 Å². The topological polar surface area (TPSA) is 106 Å². The van der Waals surface area contributed by atoms with Gasteiger partial charge in [-0.15, -0.1) is 0 Å². The zero-order valence-corrected chi connectivity index (χ0v) is 18.9. The van der Waals surface area contributed by atoms with Crippen LogP contribution in [0.5, 0.6) is 11.5 Å². The lowest BCUT2D eigenvalue weighted by molar-refractivity contribution is -0.115. The lowest BCUT2D eigenvalue weighted by Crippen LogP contribution is -2.16. The molecule has 3 aromatic carbocycles. The molecule has 34 heavy (non-hydrogen) atoms. The Hall–Kier alpha value is -4.33. The highest BCUT2D eigenvalue weighted by Crippen LogP contribution is 2.37. The average molecular weight is 460 g/mol.